The van der Waals surface area contributed by atoms with E-state index in [-0.39, 0.29) is 22.9 Å². The molecule has 2 aromatic carbocycles. The Bertz CT molecular complexity index is 797. The number of ether oxygens (including phenoxy) is 2. The molecule has 8 heteroatoms. The van der Waals surface area contributed by atoms with E-state index in [1.807, 2.05) is 0 Å². The highest BCUT2D eigenvalue weighted by atomic mass is 35.5. The van der Waals surface area contributed by atoms with Gasteiger partial charge in [0.1, 0.15) is 5.75 Å². The molecule has 138 valence electrons. The monoisotopic (exact) mass is 378 g/mol. The van der Waals surface area contributed by atoms with Crippen LogP contribution < -0.4 is 9.47 Å². The first kappa shape index (κ1) is 19.5. The van der Waals surface area contributed by atoms with Crippen molar-refractivity contribution in [3.8, 4) is 11.5 Å². The minimum absolute atomic E-state index is 0.115. The second-order valence-corrected chi connectivity index (χ2v) is 5.97. The first-order valence-electron chi connectivity index (χ1n) is 7.88. The zero-order valence-electron chi connectivity index (χ0n) is 14.5. The Morgan fingerprint density at radius 1 is 1.27 bits per heavy atom. The topological polar surface area (TPSA) is 81.9 Å². The molecule has 0 aliphatic carbocycles. The normalized spacial score (nSPS) is 10.3. The number of carbonyl (C=O) groups is 1. The van der Waals surface area contributed by atoms with Gasteiger partial charge < -0.3 is 14.4 Å². The maximum atomic E-state index is 12.4. The molecule has 0 aromatic heterocycles. The quantitative estimate of drug-likeness (QED) is 0.396. The van der Waals surface area contributed by atoms with Crippen LogP contribution in [-0.2, 0) is 0 Å². The first-order chi connectivity index (χ1) is 12.4. The fraction of sp³-hybridized carbons (Fsp3) is 0.278. The molecule has 0 heterocycles. The molecule has 2 rings (SSSR count). The van der Waals surface area contributed by atoms with Gasteiger partial charge in [0.15, 0.2) is 5.75 Å². The summed E-state index contributed by atoms with van der Waals surface area (Å²) in [6.07, 6.45) is 0.604. The van der Waals surface area contributed by atoms with Crippen molar-refractivity contribution in [2.75, 3.05) is 27.3 Å². The largest absolute Gasteiger partial charge is 0.493 e. The molecule has 0 N–H and O–H groups in total. The third kappa shape index (κ3) is 5.10. The Morgan fingerprint density at radius 2 is 2.04 bits per heavy atom. The van der Waals surface area contributed by atoms with Gasteiger partial charge in [0.25, 0.3) is 5.91 Å². The zero-order chi connectivity index (χ0) is 19.1. The molecule has 0 atom stereocenters. The van der Waals surface area contributed by atoms with Crippen LogP contribution in [0.3, 0.4) is 0 Å². The van der Waals surface area contributed by atoms with Crippen molar-refractivity contribution in [3.05, 3.63) is 63.2 Å². The van der Waals surface area contributed by atoms with Gasteiger partial charge in [-0.2, -0.15) is 0 Å². The Hall–Kier alpha value is -2.80. The minimum atomic E-state index is -0.575. The number of hydrogen-bond donors (Lipinski definition) is 0. The summed E-state index contributed by atoms with van der Waals surface area (Å²) in [5.74, 6) is 0.472. The molecule has 0 radical (unpaired) electrons. The van der Waals surface area contributed by atoms with Crippen molar-refractivity contribution in [3.63, 3.8) is 0 Å². The molecule has 1 amide bonds. The summed E-state index contributed by atoms with van der Waals surface area (Å²) >= 11 is 5.88. The maximum Gasteiger partial charge on any atom is 0.311 e. The number of halogens is 1. The predicted molar refractivity (Wildman–Crippen MR) is 98.2 cm³/mol. The number of nitrogens with zero attached hydrogens (tertiary/aromatic N) is 2. The number of amides is 1. The van der Waals surface area contributed by atoms with E-state index in [1.54, 1.807) is 31.3 Å². The molecule has 0 bridgehead atoms. The SMILES string of the molecule is COc1ccc(C(=O)N(C)CCCOc2cccc(Cl)c2)cc1[N+](=O)[O-]. The zero-order valence-corrected chi connectivity index (χ0v) is 15.2. The van der Waals surface area contributed by atoms with Gasteiger partial charge in [-0.1, -0.05) is 17.7 Å². The van der Waals surface area contributed by atoms with Crippen LogP contribution in [0.5, 0.6) is 11.5 Å². The van der Waals surface area contributed by atoms with Gasteiger partial charge in [0, 0.05) is 30.2 Å². The van der Waals surface area contributed by atoms with Crippen molar-refractivity contribution in [2.24, 2.45) is 0 Å². The average Bonchev–Trinajstić information content (AvgIpc) is 2.63. The van der Waals surface area contributed by atoms with E-state index in [1.165, 1.54) is 30.2 Å². The van der Waals surface area contributed by atoms with Gasteiger partial charge in [0.05, 0.1) is 18.6 Å². The second kappa shape index (κ2) is 9.05. The second-order valence-electron chi connectivity index (χ2n) is 5.53. The lowest BCUT2D eigenvalue weighted by atomic mass is 10.1. The Kier molecular flexibility index (Phi) is 6.80. The van der Waals surface area contributed by atoms with E-state index in [2.05, 4.69) is 0 Å². The van der Waals surface area contributed by atoms with Crippen LogP contribution in [0.2, 0.25) is 5.02 Å². The number of benzene rings is 2. The fourth-order valence-corrected chi connectivity index (χ4v) is 2.52. The van der Waals surface area contributed by atoms with Gasteiger partial charge in [0.2, 0.25) is 0 Å². The van der Waals surface area contributed by atoms with Gasteiger partial charge in [-0.25, -0.2) is 0 Å². The molecule has 0 unspecified atom stereocenters. The molecular weight excluding hydrogens is 360 g/mol. The highest BCUT2D eigenvalue weighted by Crippen LogP contribution is 2.28. The molecule has 0 spiro atoms. The Labute approximate surface area is 156 Å². The van der Waals surface area contributed by atoms with Crippen LogP contribution in [0.25, 0.3) is 0 Å². The highest BCUT2D eigenvalue weighted by molar-refractivity contribution is 6.30. The third-order valence-corrected chi connectivity index (χ3v) is 3.91. The summed E-state index contributed by atoms with van der Waals surface area (Å²) in [6, 6.07) is 11.2. The van der Waals surface area contributed by atoms with Crippen LogP contribution in [0.4, 0.5) is 5.69 Å². The van der Waals surface area contributed by atoms with E-state index in [4.69, 9.17) is 21.1 Å². The van der Waals surface area contributed by atoms with E-state index >= 15 is 0 Å². The Balaban J connectivity index is 1.91. The van der Waals surface area contributed by atoms with Crippen molar-refractivity contribution in [1.29, 1.82) is 0 Å². The number of hydrogen-bond acceptors (Lipinski definition) is 5. The molecule has 2 aromatic rings. The van der Waals surface area contributed by atoms with Gasteiger partial charge in [-0.3, -0.25) is 14.9 Å². The number of nitro groups is 1. The van der Waals surface area contributed by atoms with Crippen LogP contribution >= 0.6 is 11.6 Å². The van der Waals surface area contributed by atoms with Crippen LogP contribution in [0.15, 0.2) is 42.5 Å². The lowest BCUT2D eigenvalue weighted by Crippen LogP contribution is -2.28. The van der Waals surface area contributed by atoms with Crippen molar-refractivity contribution >= 4 is 23.2 Å². The summed E-state index contributed by atoms with van der Waals surface area (Å²) in [6.45, 7) is 0.861. The van der Waals surface area contributed by atoms with E-state index < -0.39 is 4.92 Å². The fourth-order valence-electron chi connectivity index (χ4n) is 2.34. The summed E-state index contributed by atoms with van der Waals surface area (Å²) in [5.41, 5.74) is -0.00759. The first-order valence-corrected chi connectivity index (χ1v) is 8.26. The number of methoxy groups -OCH3 is 1. The summed E-state index contributed by atoms with van der Waals surface area (Å²) in [4.78, 5) is 24.4. The van der Waals surface area contributed by atoms with Gasteiger partial charge in [-0.15, -0.1) is 0 Å². The lowest BCUT2D eigenvalue weighted by Gasteiger charge is -2.17. The molecule has 0 saturated carbocycles. The molecular formula is C18H19ClN2O5. The summed E-state index contributed by atoms with van der Waals surface area (Å²) < 4.78 is 10.5. The number of carbonyl (C=O) groups excluding carboxylic acids is 1. The predicted octanol–water partition coefficient (Wildman–Crippen LogP) is 3.80. The molecule has 0 saturated heterocycles. The van der Waals surface area contributed by atoms with Crippen molar-refractivity contribution in [1.82, 2.24) is 4.90 Å². The smallest absolute Gasteiger partial charge is 0.311 e. The number of nitro benzene ring substituents is 1. The summed E-state index contributed by atoms with van der Waals surface area (Å²) in [7, 11) is 2.98. The lowest BCUT2D eigenvalue weighted by molar-refractivity contribution is -0.385. The third-order valence-electron chi connectivity index (χ3n) is 3.67. The maximum absolute atomic E-state index is 12.4. The molecule has 7 nitrogen and oxygen atoms in total. The van der Waals surface area contributed by atoms with E-state index in [0.717, 1.165) is 0 Å². The van der Waals surface area contributed by atoms with Crippen LogP contribution in [0, 0.1) is 10.1 Å². The van der Waals surface area contributed by atoms with Crippen LogP contribution in [0.1, 0.15) is 16.8 Å². The minimum Gasteiger partial charge on any atom is -0.493 e. The summed E-state index contributed by atoms with van der Waals surface area (Å²) in [5, 5.41) is 11.7. The van der Waals surface area contributed by atoms with Crippen LogP contribution in [-0.4, -0.2) is 43.0 Å². The Morgan fingerprint density at radius 3 is 2.69 bits per heavy atom. The average molecular weight is 379 g/mol. The van der Waals surface area contributed by atoms with Crippen molar-refractivity contribution in [2.45, 2.75) is 6.42 Å². The molecule has 26 heavy (non-hydrogen) atoms. The van der Waals surface area contributed by atoms with Crippen molar-refractivity contribution < 1.29 is 19.2 Å². The highest BCUT2D eigenvalue weighted by Gasteiger charge is 2.20. The van der Waals surface area contributed by atoms with Gasteiger partial charge in [-0.05, 0) is 36.8 Å². The standard InChI is InChI=1S/C18H19ClN2O5/c1-20(9-4-10-26-15-6-3-5-14(19)12-15)18(22)13-7-8-17(25-2)16(11-13)21(23)24/h3,5-8,11-12H,4,9-10H2,1-2H3. The molecule has 0 fully saturated rings. The van der Waals surface area contributed by atoms with Gasteiger partial charge >= 0.3 is 5.69 Å². The molecule has 0 aliphatic heterocycles. The van der Waals surface area contributed by atoms with E-state index in [0.29, 0.717) is 30.3 Å². The molecule has 0 aliphatic rings. The number of rotatable bonds is 8. The van der Waals surface area contributed by atoms with E-state index in [9.17, 15) is 14.9 Å².